The molecular formula is C17H17BrFN. The van der Waals surface area contributed by atoms with E-state index in [1.54, 1.807) is 0 Å². The molecule has 0 saturated carbocycles. The maximum atomic E-state index is 13.4. The van der Waals surface area contributed by atoms with Gasteiger partial charge < -0.3 is 5.32 Å². The number of hydrogen-bond donors (Lipinski definition) is 1. The Labute approximate surface area is 127 Å². The lowest BCUT2D eigenvalue weighted by molar-refractivity contribution is 0.419. The van der Waals surface area contributed by atoms with Gasteiger partial charge >= 0.3 is 0 Å². The first-order valence-electron chi connectivity index (χ1n) is 6.97. The van der Waals surface area contributed by atoms with Crippen LogP contribution in [0.1, 0.15) is 35.6 Å². The van der Waals surface area contributed by atoms with E-state index in [0.717, 1.165) is 18.5 Å². The van der Waals surface area contributed by atoms with Gasteiger partial charge in [0.1, 0.15) is 5.82 Å². The molecule has 0 aromatic heterocycles. The molecule has 0 amide bonds. The number of fused-ring (bicyclic) bond motifs is 1. The van der Waals surface area contributed by atoms with Gasteiger partial charge in [-0.3, -0.25) is 0 Å². The van der Waals surface area contributed by atoms with Crippen LogP contribution in [0.25, 0.3) is 0 Å². The quantitative estimate of drug-likeness (QED) is 0.863. The van der Waals surface area contributed by atoms with E-state index < -0.39 is 0 Å². The number of rotatable bonds is 4. The first-order valence-corrected chi connectivity index (χ1v) is 7.76. The van der Waals surface area contributed by atoms with E-state index in [1.807, 2.05) is 12.1 Å². The highest BCUT2D eigenvalue weighted by atomic mass is 79.9. The first kappa shape index (κ1) is 13.8. The van der Waals surface area contributed by atoms with Gasteiger partial charge in [-0.2, -0.15) is 0 Å². The summed E-state index contributed by atoms with van der Waals surface area (Å²) < 4.78 is 13.9. The van der Waals surface area contributed by atoms with Gasteiger partial charge in [0.15, 0.2) is 0 Å². The average Bonchev–Trinajstić information content (AvgIpc) is 2.42. The van der Waals surface area contributed by atoms with Crippen molar-refractivity contribution < 1.29 is 4.39 Å². The van der Waals surface area contributed by atoms with Gasteiger partial charge in [0.25, 0.3) is 0 Å². The van der Waals surface area contributed by atoms with Crippen molar-refractivity contribution in [3.63, 3.8) is 0 Å². The molecule has 1 N–H and O–H groups in total. The van der Waals surface area contributed by atoms with Crippen molar-refractivity contribution in [3.05, 3.63) is 69.4 Å². The molecule has 2 aromatic carbocycles. The zero-order valence-electron chi connectivity index (χ0n) is 11.4. The van der Waals surface area contributed by atoms with Gasteiger partial charge in [-0.25, -0.2) is 4.39 Å². The fourth-order valence-corrected chi connectivity index (χ4v) is 3.41. The van der Waals surface area contributed by atoms with Crippen molar-refractivity contribution in [2.24, 2.45) is 0 Å². The number of halogens is 2. The van der Waals surface area contributed by atoms with Crippen LogP contribution >= 0.6 is 15.9 Å². The second kappa shape index (κ2) is 5.66. The molecule has 1 aliphatic carbocycles. The molecule has 0 spiro atoms. The van der Waals surface area contributed by atoms with Crippen LogP contribution in [0.4, 0.5) is 4.39 Å². The highest BCUT2D eigenvalue weighted by molar-refractivity contribution is 9.10. The second-order valence-electron chi connectivity index (χ2n) is 5.22. The van der Waals surface area contributed by atoms with Gasteiger partial charge in [0.2, 0.25) is 0 Å². The first-order chi connectivity index (χ1) is 9.70. The largest absolute Gasteiger partial charge is 0.310 e. The van der Waals surface area contributed by atoms with Gasteiger partial charge in [-0.15, -0.1) is 0 Å². The van der Waals surface area contributed by atoms with Crippen LogP contribution in [0.15, 0.2) is 46.9 Å². The van der Waals surface area contributed by atoms with Crippen molar-refractivity contribution in [2.45, 2.75) is 25.3 Å². The van der Waals surface area contributed by atoms with Gasteiger partial charge in [-0.05, 0) is 57.7 Å². The van der Waals surface area contributed by atoms with Crippen LogP contribution < -0.4 is 5.32 Å². The number of nitrogens with one attached hydrogen (secondary N) is 1. The Morgan fingerprint density at radius 3 is 2.80 bits per heavy atom. The third kappa shape index (κ3) is 2.40. The molecule has 0 saturated heterocycles. The Kier molecular flexibility index (Phi) is 3.90. The Balaban J connectivity index is 1.92. The Hall–Kier alpha value is -1.19. The highest BCUT2D eigenvalue weighted by Crippen LogP contribution is 2.43. The number of likely N-dealkylation sites (N-methyl/N-ethyl adjacent to an activating group) is 1. The second-order valence-corrected chi connectivity index (χ2v) is 6.07. The monoisotopic (exact) mass is 333 g/mol. The average molecular weight is 334 g/mol. The van der Waals surface area contributed by atoms with E-state index in [0.29, 0.717) is 10.4 Å². The van der Waals surface area contributed by atoms with E-state index in [2.05, 4.69) is 52.4 Å². The third-order valence-corrected chi connectivity index (χ3v) is 4.63. The fraction of sp³-hybridized carbons (Fsp3) is 0.294. The minimum Gasteiger partial charge on any atom is -0.310 e. The molecule has 2 aromatic rings. The lowest BCUT2D eigenvalue weighted by Crippen LogP contribution is -2.33. The molecule has 0 bridgehead atoms. The zero-order chi connectivity index (χ0) is 14.1. The SMILES string of the molecule is CCNC(c1ccc(F)c(Br)c1)C1Cc2ccccc21. The van der Waals surface area contributed by atoms with E-state index in [1.165, 1.54) is 17.2 Å². The van der Waals surface area contributed by atoms with Crippen LogP contribution in [0.3, 0.4) is 0 Å². The zero-order valence-corrected chi connectivity index (χ0v) is 13.0. The molecule has 2 unspecified atom stereocenters. The smallest absolute Gasteiger partial charge is 0.137 e. The predicted molar refractivity (Wildman–Crippen MR) is 83.4 cm³/mol. The molecule has 1 aliphatic rings. The summed E-state index contributed by atoms with van der Waals surface area (Å²) in [4.78, 5) is 0. The lowest BCUT2D eigenvalue weighted by atomic mass is 9.71. The number of benzene rings is 2. The lowest BCUT2D eigenvalue weighted by Gasteiger charge is -2.37. The van der Waals surface area contributed by atoms with Gasteiger partial charge in [0, 0.05) is 12.0 Å². The number of hydrogen-bond acceptors (Lipinski definition) is 1. The molecule has 0 aliphatic heterocycles. The molecule has 3 heteroatoms. The maximum Gasteiger partial charge on any atom is 0.137 e. The van der Waals surface area contributed by atoms with Crippen molar-refractivity contribution in [1.82, 2.24) is 5.32 Å². The molecule has 3 rings (SSSR count). The standard InChI is InChI=1S/C17H17BrFN/c1-2-20-17(12-7-8-16(19)15(18)10-12)14-9-11-5-3-4-6-13(11)14/h3-8,10,14,17,20H,2,9H2,1H3. The predicted octanol–water partition coefficient (Wildman–Crippen LogP) is 4.58. The summed E-state index contributed by atoms with van der Waals surface area (Å²) >= 11 is 3.28. The summed E-state index contributed by atoms with van der Waals surface area (Å²) in [6, 6.07) is 14.1. The van der Waals surface area contributed by atoms with E-state index in [4.69, 9.17) is 0 Å². The van der Waals surface area contributed by atoms with Crippen LogP contribution in [0.2, 0.25) is 0 Å². The summed E-state index contributed by atoms with van der Waals surface area (Å²) in [5, 5.41) is 3.55. The molecule has 104 valence electrons. The van der Waals surface area contributed by atoms with Crippen LogP contribution in [0, 0.1) is 5.82 Å². The molecule has 0 heterocycles. The van der Waals surface area contributed by atoms with Gasteiger partial charge in [0.05, 0.1) is 4.47 Å². The van der Waals surface area contributed by atoms with Crippen molar-refractivity contribution >= 4 is 15.9 Å². The minimum absolute atomic E-state index is 0.210. The van der Waals surface area contributed by atoms with Crippen molar-refractivity contribution in [2.75, 3.05) is 6.54 Å². The summed E-state index contributed by atoms with van der Waals surface area (Å²) in [5.41, 5.74) is 3.99. The van der Waals surface area contributed by atoms with Crippen LogP contribution in [-0.4, -0.2) is 6.54 Å². The topological polar surface area (TPSA) is 12.0 Å². The summed E-state index contributed by atoms with van der Waals surface area (Å²) in [6.07, 6.45) is 1.09. The van der Waals surface area contributed by atoms with Crippen molar-refractivity contribution in [1.29, 1.82) is 0 Å². The van der Waals surface area contributed by atoms with Gasteiger partial charge in [-0.1, -0.05) is 37.3 Å². The Morgan fingerprint density at radius 1 is 1.30 bits per heavy atom. The minimum atomic E-state index is -0.210. The molecule has 0 radical (unpaired) electrons. The van der Waals surface area contributed by atoms with E-state index in [9.17, 15) is 4.39 Å². The molecular weight excluding hydrogens is 317 g/mol. The van der Waals surface area contributed by atoms with Crippen molar-refractivity contribution in [3.8, 4) is 0 Å². The molecule has 0 fully saturated rings. The normalized spacial score (nSPS) is 18.2. The van der Waals surface area contributed by atoms with E-state index in [-0.39, 0.29) is 11.9 Å². The molecule has 1 nitrogen and oxygen atoms in total. The maximum absolute atomic E-state index is 13.4. The summed E-state index contributed by atoms with van der Waals surface area (Å²) in [6.45, 7) is 3.01. The summed E-state index contributed by atoms with van der Waals surface area (Å²) in [5.74, 6) is 0.265. The fourth-order valence-electron chi connectivity index (χ4n) is 3.01. The molecule has 20 heavy (non-hydrogen) atoms. The Bertz CT molecular complexity index is 626. The van der Waals surface area contributed by atoms with Crippen LogP contribution in [-0.2, 0) is 6.42 Å². The van der Waals surface area contributed by atoms with E-state index >= 15 is 0 Å². The highest BCUT2D eigenvalue weighted by Gasteiger charge is 2.33. The third-order valence-electron chi connectivity index (χ3n) is 4.02. The molecule has 2 atom stereocenters. The summed E-state index contributed by atoms with van der Waals surface area (Å²) in [7, 11) is 0. The Morgan fingerprint density at radius 2 is 2.10 bits per heavy atom. The van der Waals surface area contributed by atoms with Crippen LogP contribution in [0.5, 0.6) is 0 Å².